The van der Waals surface area contributed by atoms with Gasteiger partial charge >= 0.3 is 7.60 Å². The van der Waals surface area contributed by atoms with Crippen LogP contribution >= 0.6 is 7.60 Å². The number of halogens is 1. The van der Waals surface area contributed by atoms with Gasteiger partial charge in [0.2, 0.25) is 0 Å². The second kappa shape index (κ2) is 5.78. The van der Waals surface area contributed by atoms with E-state index in [0.717, 1.165) is 6.42 Å². The molecule has 1 aliphatic rings. The molecule has 5 heteroatoms. The van der Waals surface area contributed by atoms with Crippen LogP contribution in [-0.4, -0.2) is 25.5 Å². The molecule has 0 aliphatic heterocycles. The quantitative estimate of drug-likeness (QED) is 0.524. The lowest BCUT2D eigenvalue weighted by Crippen LogP contribution is -2.07. The molecule has 1 atom stereocenters. The zero-order chi connectivity index (χ0) is 11.3. The maximum Gasteiger partial charge on any atom is 0.334 e. The summed E-state index contributed by atoms with van der Waals surface area (Å²) in [5.74, 6) is 0. The van der Waals surface area contributed by atoms with Crippen molar-refractivity contribution in [1.29, 1.82) is 0 Å². The van der Waals surface area contributed by atoms with E-state index in [4.69, 9.17) is 9.05 Å². The van der Waals surface area contributed by atoms with E-state index in [0.29, 0.717) is 25.2 Å². The van der Waals surface area contributed by atoms with Gasteiger partial charge in [0.15, 0.2) is 0 Å². The molecule has 88 valence electrons. The standard InChI is InChI=1S/C10H18FO3P/c1-3-13-15(12,14-4-2)8-9-6-5-7-10(9)11/h6,10H,3-5,7-8H2,1-2H3. The van der Waals surface area contributed by atoms with Crippen LogP contribution in [0.5, 0.6) is 0 Å². The van der Waals surface area contributed by atoms with E-state index >= 15 is 0 Å². The van der Waals surface area contributed by atoms with Crippen LogP contribution in [0.4, 0.5) is 4.39 Å². The third kappa shape index (κ3) is 3.71. The summed E-state index contributed by atoms with van der Waals surface area (Å²) < 4.78 is 35.6. The van der Waals surface area contributed by atoms with Crippen LogP contribution in [0.2, 0.25) is 0 Å². The molecule has 0 radical (unpaired) electrons. The first-order valence-corrected chi connectivity index (χ1v) is 7.05. The Morgan fingerprint density at radius 2 is 2.07 bits per heavy atom. The third-order valence-corrected chi connectivity index (χ3v) is 4.31. The maximum absolute atomic E-state index is 13.3. The molecule has 0 aromatic carbocycles. The van der Waals surface area contributed by atoms with Gasteiger partial charge in [0.05, 0.1) is 19.4 Å². The molecule has 0 fully saturated rings. The minimum absolute atomic E-state index is 0.0931. The molecule has 0 bridgehead atoms. The van der Waals surface area contributed by atoms with Gasteiger partial charge in [-0.1, -0.05) is 6.08 Å². The van der Waals surface area contributed by atoms with Crippen LogP contribution in [-0.2, 0) is 13.6 Å². The molecule has 15 heavy (non-hydrogen) atoms. The second-order valence-corrected chi connectivity index (χ2v) is 5.48. The molecule has 0 N–H and O–H groups in total. The molecule has 1 aliphatic carbocycles. The zero-order valence-electron chi connectivity index (χ0n) is 9.24. The third-order valence-electron chi connectivity index (χ3n) is 2.26. The topological polar surface area (TPSA) is 35.5 Å². The molecule has 0 spiro atoms. The summed E-state index contributed by atoms with van der Waals surface area (Å²) in [5, 5.41) is 0. The Morgan fingerprint density at radius 3 is 2.47 bits per heavy atom. The van der Waals surface area contributed by atoms with Crippen molar-refractivity contribution in [3.8, 4) is 0 Å². The number of alkyl halides is 1. The van der Waals surface area contributed by atoms with Crippen molar-refractivity contribution >= 4 is 7.60 Å². The van der Waals surface area contributed by atoms with Crippen molar-refractivity contribution in [2.24, 2.45) is 0 Å². The Morgan fingerprint density at radius 1 is 1.47 bits per heavy atom. The van der Waals surface area contributed by atoms with Gasteiger partial charge < -0.3 is 9.05 Å². The van der Waals surface area contributed by atoms with Gasteiger partial charge in [0.1, 0.15) is 6.17 Å². The van der Waals surface area contributed by atoms with Gasteiger partial charge in [-0.3, -0.25) is 4.57 Å². The fourth-order valence-electron chi connectivity index (χ4n) is 1.64. The van der Waals surface area contributed by atoms with Crippen LogP contribution in [0, 0.1) is 0 Å². The van der Waals surface area contributed by atoms with Crippen molar-refractivity contribution in [1.82, 2.24) is 0 Å². The lowest BCUT2D eigenvalue weighted by Gasteiger charge is -2.18. The van der Waals surface area contributed by atoms with Crippen LogP contribution in [0.3, 0.4) is 0 Å². The maximum atomic E-state index is 13.3. The fraction of sp³-hybridized carbons (Fsp3) is 0.800. The first kappa shape index (κ1) is 12.9. The zero-order valence-corrected chi connectivity index (χ0v) is 10.1. The summed E-state index contributed by atoms with van der Waals surface area (Å²) in [6, 6.07) is 0. The molecule has 0 saturated heterocycles. The number of rotatable bonds is 6. The van der Waals surface area contributed by atoms with Crippen molar-refractivity contribution in [3.05, 3.63) is 11.6 Å². The van der Waals surface area contributed by atoms with Gasteiger partial charge in [-0.15, -0.1) is 0 Å². The van der Waals surface area contributed by atoms with Gasteiger partial charge in [-0.25, -0.2) is 4.39 Å². The van der Waals surface area contributed by atoms with Crippen molar-refractivity contribution in [2.75, 3.05) is 19.4 Å². The number of allylic oxidation sites excluding steroid dienone is 2. The molecule has 1 unspecified atom stereocenters. The van der Waals surface area contributed by atoms with E-state index in [9.17, 15) is 8.96 Å². The highest BCUT2D eigenvalue weighted by molar-refractivity contribution is 7.54. The summed E-state index contributed by atoms with van der Waals surface area (Å²) in [5.41, 5.74) is 0.570. The van der Waals surface area contributed by atoms with E-state index < -0.39 is 13.8 Å². The van der Waals surface area contributed by atoms with E-state index in [1.54, 1.807) is 19.9 Å². The summed E-state index contributed by atoms with van der Waals surface area (Å²) >= 11 is 0. The molecular weight excluding hydrogens is 218 g/mol. The second-order valence-electron chi connectivity index (χ2n) is 3.43. The molecule has 0 saturated carbocycles. The molecule has 0 aromatic heterocycles. The average molecular weight is 236 g/mol. The van der Waals surface area contributed by atoms with Crippen LogP contribution in [0.15, 0.2) is 11.6 Å². The highest BCUT2D eigenvalue weighted by Gasteiger charge is 2.30. The smallest absolute Gasteiger partial charge is 0.309 e. The molecule has 1 rings (SSSR count). The van der Waals surface area contributed by atoms with E-state index in [1.807, 2.05) is 0 Å². The van der Waals surface area contributed by atoms with Gasteiger partial charge in [0, 0.05) is 0 Å². The highest BCUT2D eigenvalue weighted by atomic mass is 31.2. The molecule has 0 amide bonds. The highest BCUT2D eigenvalue weighted by Crippen LogP contribution is 2.51. The van der Waals surface area contributed by atoms with Gasteiger partial charge in [0.25, 0.3) is 0 Å². The monoisotopic (exact) mass is 236 g/mol. The lowest BCUT2D eigenvalue weighted by atomic mass is 10.2. The Balaban J connectivity index is 2.62. The first-order chi connectivity index (χ1) is 7.11. The Labute approximate surface area is 90.2 Å². The van der Waals surface area contributed by atoms with Crippen LogP contribution in [0.25, 0.3) is 0 Å². The fourth-order valence-corrected chi connectivity index (χ4v) is 3.46. The minimum Gasteiger partial charge on any atom is -0.309 e. The minimum atomic E-state index is -3.11. The van der Waals surface area contributed by atoms with Crippen molar-refractivity contribution in [3.63, 3.8) is 0 Å². The Bertz CT molecular complexity index is 268. The van der Waals surface area contributed by atoms with Crippen molar-refractivity contribution < 1.29 is 18.0 Å². The number of hydrogen-bond donors (Lipinski definition) is 0. The molecule has 0 aromatic rings. The van der Waals surface area contributed by atoms with Crippen LogP contribution in [0.1, 0.15) is 26.7 Å². The summed E-state index contributed by atoms with van der Waals surface area (Å²) in [7, 11) is -3.11. The van der Waals surface area contributed by atoms with Crippen LogP contribution < -0.4 is 0 Å². The van der Waals surface area contributed by atoms with Crippen molar-refractivity contribution in [2.45, 2.75) is 32.9 Å². The Hall–Kier alpha value is -0.180. The van der Waals surface area contributed by atoms with Gasteiger partial charge in [-0.2, -0.15) is 0 Å². The van der Waals surface area contributed by atoms with E-state index in [1.165, 1.54) is 0 Å². The summed E-state index contributed by atoms with van der Waals surface area (Å²) in [4.78, 5) is 0. The SMILES string of the molecule is CCOP(=O)(CC1=CCCC1F)OCC. The Kier molecular flexibility index (Phi) is 4.97. The normalized spacial score (nSPS) is 21.8. The molecule has 0 heterocycles. The summed E-state index contributed by atoms with van der Waals surface area (Å²) in [6.07, 6.45) is 2.13. The predicted octanol–water partition coefficient (Wildman–Crippen LogP) is 3.31. The predicted molar refractivity (Wildman–Crippen MR) is 57.9 cm³/mol. The van der Waals surface area contributed by atoms with E-state index in [2.05, 4.69) is 0 Å². The molecule has 3 nitrogen and oxygen atoms in total. The lowest BCUT2D eigenvalue weighted by molar-refractivity contribution is 0.220. The van der Waals surface area contributed by atoms with Gasteiger partial charge in [-0.05, 0) is 32.3 Å². The first-order valence-electron chi connectivity index (χ1n) is 5.32. The average Bonchev–Trinajstić information content (AvgIpc) is 2.52. The number of hydrogen-bond acceptors (Lipinski definition) is 3. The molecular formula is C10H18FO3P. The largest absolute Gasteiger partial charge is 0.334 e. The summed E-state index contributed by atoms with van der Waals surface area (Å²) in [6.45, 7) is 4.15. The van der Waals surface area contributed by atoms with E-state index in [-0.39, 0.29) is 6.16 Å².